The van der Waals surface area contributed by atoms with Crippen LogP contribution in [0.3, 0.4) is 0 Å². The van der Waals surface area contributed by atoms with Crippen LogP contribution in [0.15, 0.2) is 24.3 Å². The van der Waals surface area contributed by atoms with Crippen molar-refractivity contribution in [2.75, 3.05) is 26.2 Å². The number of aryl methyl sites for hydroxylation is 1. The Bertz CT molecular complexity index is 490. The van der Waals surface area contributed by atoms with Crippen LogP contribution in [0.5, 0.6) is 5.75 Å². The Morgan fingerprint density at radius 1 is 0.515 bits per heavy atom. The number of quaternary nitrogens is 1. The lowest BCUT2D eigenvalue weighted by Crippen LogP contribution is -2.50. The summed E-state index contributed by atoms with van der Waals surface area (Å²) in [5, 5.41) is 11.4. The van der Waals surface area contributed by atoms with E-state index in [-0.39, 0.29) is 5.75 Å². The van der Waals surface area contributed by atoms with E-state index < -0.39 is 0 Å². The van der Waals surface area contributed by atoms with Gasteiger partial charge < -0.3 is 9.59 Å². The fourth-order valence-electron chi connectivity index (χ4n) is 4.63. The van der Waals surface area contributed by atoms with E-state index in [9.17, 15) is 5.11 Å². The fourth-order valence-corrected chi connectivity index (χ4v) is 4.63. The molecule has 0 heterocycles. The van der Waals surface area contributed by atoms with Crippen LogP contribution in [0.1, 0.15) is 136 Å². The molecule has 2 nitrogen and oxygen atoms in total. The topological polar surface area (TPSA) is 23.1 Å². The van der Waals surface area contributed by atoms with Crippen LogP contribution in [-0.2, 0) is 6.42 Å². The summed E-state index contributed by atoms with van der Waals surface area (Å²) in [7, 11) is 0. The van der Waals surface area contributed by atoms with Crippen molar-refractivity contribution in [1.82, 2.24) is 0 Å². The highest BCUT2D eigenvalue weighted by Gasteiger charge is 2.24. The molecule has 0 N–H and O–H groups in total. The van der Waals surface area contributed by atoms with Crippen LogP contribution >= 0.6 is 0 Å². The van der Waals surface area contributed by atoms with Crippen molar-refractivity contribution in [3.8, 4) is 5.75 Å². The number of unbranched alkanes of at least 4 members (excludes halogenated alkanes) is 10. The second-order valence-corrected chi connectivity index (χ2v) is 10.1. The quantitative estimate of drug-likeness (QED) is 0.140. The molecule has 0 radical (unpaired) electrons. The molecule has 0 atom stereocenters. The first kappa shape index (κ1) is 32.0. The minimum Gasteiger partial charge on any atom is -0.872 e. The average molecular weight is 462 g/mol. The van der Waals surface area contributed by atoms with Gasteiger partial charge in [-0.1, -0.05) is 129 Å². The molecule has 1 rings (SSSR count). The normalized spacial score (nSPS) is 11.3. The smallest absolute Gasteiger partial charge is 0.0786 e. The van der Waals surface area contributed by atoms with Crippen LogP contribution < -0.4 is 5.11 Å². The Morgan fingerprint density at radius 3 is 1.33 bits per heavy atom. The summed E-state index contributed by atoms with van der Waals surface area (Å²) in [6, 6.07) is 7.39. The maximum atomic E-state index is 11.4. The number of hydrogen-bond donors (Lipinski definition) is 0. The molecule has 0 saturated heterocycles. The molecule has 194 valence electrons. The summed E-state index contributed by atoms with van der Waals surface area (Å²) in [5.74, 6) is 0.202. The fraction of sp³-hybridized carbons (Fsp3) is 0.806. The lowest BCUT2D eigenvalue weighted by Gasteiger charge is -2.39. The van der Waals surface area contributed by atoms with Crippen molar-refractivity contribution in [2.24, 2.45) is 0 Å². The molecule has 1 aromatic carbocycles. The highest BCUT2D eigenvalue weighted by Crippen LogP contribution is 2.17. The van der Waals surface area contributed by atoms with Crippen molar-refractivity contribution in [1.29, 1.82) is 0 Å². The summed E-state index contributed by atoms with van der Waals surface area (Å²) in [6.07, 6.45) is 21.2. The van der Waals surface area contributed by atoms with Gasteiger partial charge in [-0.05, 0) is 38.5 Å². The number of nitrogens with zero attached hydrogens (tertiary/aromatic N) is 1. The molecule has 33 heavy (non-hydrogen) atoms. The van der Waals surface area contributed by atoms with E-state index in [1.807, 2.05) is 18.2 Å². The second kappa shape index (κ2) is 22.8. The van der Waals surface area contributed by atoms with Gasteiger partial charge in [0.1, 0.15) is 0 Å². The zero-order chi connectivity index (χ0) is 24.6. The predicted molar refractivity (Wildman–Crippen MR) is 147 cm³/mol. The van der Waals surface area contributed by atoms with Gasteiger partial charge in [0.15, 0.2) is 0 Å². The summed E-state index contributed by atoms with van der Waals surface area (Å²) in [4.78, 5) is 0. The van der Waals surface area contributed by atoms with E-state index in [0.717, 1.165) is 18.4 Å². The maximum Gasteiger partial charge on any atom is 0.0786 e. The standard InChI is InChI=1S/C16H36N.C15H24O/c1-5-9-13-17(14-10-6-2,15-11-7-3)16-12-8-4;1-2-3-4-5-6-7-8-11-14-12-9-10-13-15(14)16/h5-16H2,1-4H3;9-10,12-13,16H,2-8,11H2,1H3/q+1;/p-1. The zero-order valence-corrected chi connectivity index (χ0v) is 23.3. The SMILES string of the molecule is CCCCCCCCCc1ccccc1[O-].CCCC[N+](CCCC)(CCCC)CCCC. The van der Waals surface area contributed by atoms with E-state index in [1.165, 1.54) is 121 Å². The molecular formula is C31H59NO. The molecule has 0 amide bonds. The third-order valence-electron chi connectivity index (χ3n) is 6.97. The molecule has 1 aromatic rings. The lowest BCUT2D eigenvalue weighted by molar-refractivity contribution is -0.929. The molecule has 0 aliphatic rings. The van der Waals surface area contributed by atoms with Gasteiger partial charge in [-0.15, -0.1) is 5.75 Å². The number of rotatable bonds is 20. The first-order valence-electron chi connectivity index (χ1n) is 14.7. The van der Waals surface area contributed by atoms with E-state index in [0.29, 0.717) is 0 Å². The van der Waals surface area contributed by atoms with Crippen LogP contribution in [0.2, 0.25) is 0 Å². The first-order valence-corrected chi connectivity index (χ1v) is 14.7. The summed E-state index contributed by atoms with van der Waals surface area (Å²) >= 11 is 0. The monoisotopic (exact) mass is 461 g/mol. The van der Waals surface area contributed by atoms with Gasteiger partial charge in [-0.25, -0.2) is 0 Å². The van der Waals surface area contributed by atoms with Crippen LogP contribution in [-0.4, -0.2) is 30.7 Å². The third-order valence-corrected chi connectivity index (χ3v) is 6.97. The van der Waals surface area contributed by atoms with Crippen molar-refractivity contribution in [2.45, 2.75) is 137 Å². The van der Waals surface area contributed by atoms with Crippen molar-refractivity contribution in [3.63, 3.8) is 0 Å². The van der Waals surface area contributed by atoms with Crippen molar-refractivity contribution >= 4 is 0 Å². The predicted octanol–water partition coefficient (Wildman–Crippen LogP) is 9.06. The Morgan fingerprint density at radius 2 is 0.909 bits per heavy atom. The van der Waals surface area contributed by atoms with Gasteiger partial charge in [-0.2, -0.15) is 0 Å². The van der Waals surface area contributed by atoms with Crippen molar-refractivity contribution < 1.29 is 9.59 Å². The van der Waals surface area contributed by atoms with Crippen LogP contribution in [0.4, 0.5) is 0 Å². The second-order valence-electron chi connectivity index (χ2n) is 10.1. The van der Waals surface area contributed by atoms with Crippen molar-refractivity contribution in [3.05, 3.63) is 29.8 Å². The van der Waals surface area contributed by atoms with Gasteiger partial charge in [0.25, 0.3) is 0 Å². The highest BCUT2D eigenvalue weighted by atomic mass is 16.3. The Hall–Kier alpha value is -1.02. The molecule has 0 spiro atoms. The summed E-state index contributed by atoms with van der Waals surface area (Å²) in [6.45, 7) is 17.3. The first-order chi connectivity index (χ1) is 16.1. The third kappa shape index (κ3) is 17.1. The molecule has 0 aliphatic heterocycles. The molecule has 2 heteroatoms. The largest absolute Gasteiger partial charge is 0.872 e. The number of hydrogen-bond acceptors (Lipinski definition) is 1. The Kier molecular flexibility index (Phi) is 22.1. The maximum absolute atomic E-state index is 11.4. The van der Waals surface area contributed by atoms with Gasteiger partial charge in [0.05, 0.1) is 26.2 Å². The van der Waals surface area contributed by atoms with Gasteiger partial charge in [-0.3, -0.25) is 0 Å². The van der Waals surface area contributed by atoms with E-state index >= 15 is 0 Å². The van der Waals surface area contributed by atoms with Gasteiger partial charge in [0, 0.05) is 0 Å². The summed E-state index contributed by atoms with van der Waals surface area (Å²) < 4.78 is 1.42. The van der Waals surface area contributed by atoms with E-state index in [2.05, 4.69) is 34.6 Å². The molecule has 0 aromatic heterocycles. The van der Waals surface area contributed by atoms with Gasteiger partial charge >= 0.3 is 0 Å². The zero-order valence-electron chi connectivity index (χ0n) is 23.3. The molecule has 0 saturated carbocycles. The van der Waals surface area contributed by atoms with Crippen LogP contribution in [0, 0.1) is 0 Å². The Labute approximate surface area is 208 Å². The van der Waals surface area contributed by atoms with Crippen LogP contribution in [0.25, 0.3) is 0 Å². The van der Waals surface area contributed by atoms with Gasteiger partial charge in [0.2, 0.25) is 0 Å². The highest BCUT2D eigenvalue weighted by molar-refractivity contribution is 5.30. The van der Waals surface area contributed by atoms with E-state index in [4.69, 9.17) is 0 Å². The number of benzene rings is 1. The average Bonchev–Trinajstić information content (AvgIpc) is 2.84. The lowest BCUT2D eigenvalue weighted by atomic mass is 10.0. The van der Waals surface area contributed by atoms with E-state index in [1.54, 1.807) is 6.07 Å². The molecule has 0 bridgehead atoms. The molecule has 0 fully saturated rings. The molecule has 0 aliphatic carbocycles. The molecular weight excluding hydrogens is 402 g/mol. The summed E-state index contributed by atoms with van der Waals surface area (Å²) in [5.41, 5.74) is 0.982. The minimum absolute atomic E-state index is 0.202. The molecule has 0 unspecified atom stereocenters. The number of para-hydroxylation sites is 1. The Balaban J connectivity index is 0.000000621. The minimum atomic E-state index is 0.202.